The fraction of sp³-hybridized carbons (Fsp3) is 0.556. The lowest BCUT2D eigenvalue weighted by molar-refractivity contribution is 0.203. The van der Waals surface area contributed by atoms with Crippen LogP contribution < -0.4 is 0 Å². The Hall–Kier alpha value is -1.72. The number of benzene rings is 1. The van der Waals surface area contributed by atoms with Crippen LogP contribution >= 0.6 is 0 Å². The zero-order valence-electron chi connectivity index (χ0n) is 13.7. The second-order valence-corrected chi connectivity index (χ2v) is 6.19. The summed E-state index contributed by atoms with van der Waals surface area (Å²) in [6.45, 7) is 4.09. The summed E-state index contributed by atoms with van der Waals surface area (Å²) < 4.78 is 5.44. The van der Waals surface area contributed by atoms with Crippen LogP contribution in [0.3, 0.4) is 0 Å². The van der Waals surface area contributed by atoms with Gasteiger partial charge in [0.2, 0.25) is 11.7 Å². The third-order valence-electron chi connectivity index (χ3n) is 4.34. The molecule has 1 heterocycles. The van der Waals surface area contributed by atoms with Gasteiger partial charge in [-0.1, -0.05) is 36.3 Å². The van der Waals surface area contributed by atoms with Gasteiger partial charge < -0.3 is 9.63 Å². The molecule has 1 fully saturated rings. The molecule has 0 aliphatic heterocycles. The zero-order valence-corrected chi connectivity index (χ0v) is 13.7. The van der Waals surface area contributed by atoms with Gasteiger partial charge in [-0.15, -0.1) is 0 Å². The zero-order chi connectivity index (χ0) is 16.1. The van der Waals surface area contributed by atoms with Crippen LogP contribution in [0.15, 0.2) is 28.8 Å². The van der Waals surface area contributed by atoms with E-state index in [2.05, 4.69) is 34.1 Å². The van der Waals surface area contributed by atoms with Crippen molar-refractivity contribution in [3.8, 4) is 11.4 Å². The standard InChI is InChI=1S/C18H25N3O2/c1-2-14-5-7-15(8-6-14)18-19-17(23-20-18)13-21(16-9-10-16)11-3-4-12-22/h5-8,16,22H,2-4,9-13H2,1H3. The van der Waals surface area contributed by atoms with Crippen molar-refractivity contribution in [2.75, 3.05) is 13.2 Å². The van der Waals surface area contributed by atoms with Crippen molar-refractivity contribution in [1.29, 1.82) is 0 Å². The molecule has 5 nitrogen and oxygen atoms in total. The first kappa shape index (κ1) is 16.1. The molecule has 0 radical (unpaired) electrons. The number of aryl methyl sites for hydroxylation is 1. The van der Waals surface area contributed by atoms with Crippen LogP contribution in [-0.4, -0.2) is 39.3 Å². The van der Waals surface area contributed by atoms with Crippen LogP contribution in [0, 0.1) is 0 Å². The van der Waals surface area contributed by atoms with E-state index in [0.717, 1.165) is 31.4 Å². The molecule has 0 saturated heterocycles. The maximum atomic E-state index is 8.93. The monoisotopic (exact) mass is 315 g/mol. The molecule has 0 amide bonds. The summed E-state index contributed by atoms with van der Waals surface area (Å²) in [5, 5.41) is 13.0. The minimum atomic E-state index is 0.261. The Morgan fingerprint density at radius 1 is 1.22 bits per heavy atom. The number of aromatic nitrogens is 2. The molecule has 1 aromatic carbocycles. The molecule has 0 atom stereocenters. The lowest BCUT2D eigenvalue weighted by atomic mass is 10.1. The van der Waals surface area contributed by atoms with E-state index in [-0.39, 0.29) is 6.61 Å². The fourth-order valence-electron chi connectivity index (χ4n) is 2.76. The van der Waals surface area contributed by atoms with Gasteiger partial charge in [0.15, 0.2) is 0 Å². The van der Waals surface area contributed by atoms with Gasteiger partial charge in [0.1, 0.15) is 0 Å². The summed E-state index contributed by atoms with van der Waals surface area (Å²) >= 11 is 0. The van der Waals surface area contributed by atoms with Crippen molar-refractivity contribution in [1.82, 2.24) is 15.0 Å². The summed E-state index contributed by atoms with van der Waals surface area (Å²) in [6, 6.07) is 8.96. The van der Waals surface area contributed by atoms with E-state index < -0.39 is 0 Å². The van der Waals surface area contributed by atoms with E-state index in [0.29, 0.717) is 24.3 Å². The number of nitrogens with zero attached hydrogens (tertiary/aromatic N) is 3. The predicted molar refractivity (Wildman–Crippen MR) is 88.9 cm³/mol. The highest BCUT2D eigenvalue weighted by molar-refractivity contribution is 5.54. The van der Waals surface area contributed by atoms with Crippen molar-refractivity contribution >= 4 is 0 Å². The Balaban J connectivity index is 1.63. The van der Waals surface area contributed by atoms with E-state index in [1.54, 1.807) is 0 Å². The molecule has 0 bridgehead atoms. The highest BCUT2D eigenvalue weighted by Gasteiger charge is 2.29. The average molecular weight is 315 g/mol. The largest absolute Gasteiger partial charge is 0.396 e. The topological polar surface area (TPSA) is 62.4 Å². The minimum absolute atomic E-state index is 0.261. The van der Waals surface area contributed by atoms with Crippen molar-refractivity contribution in [2.45, 2.75) is 51.6 Å². The van der Waals surface area contributed by atoms with Crippen molar-refractivity contribution < 1.29 is 9.63 Å². The number of hydrogen-bond donors (Lipinski definition) is 1. The maximum Gasteiger partial charge on any atom is 0.241 e. The summed E-state index contributed by atoms with van der Waals surface area (Å²) in [5.41, 5.74) is 2.30. The molecule has 0 spiro atoms. The molecular weight excluding hydrogens is 290 g/mol. The number of aliphatic hydroxyl groups is 1. The van der Waals surface area contributed by atoms with Gasteiger partial charge in [0.25, 0.3) is 0 Å². The second-order valence-electron chi connectivity index (χ2n) is 6.19. The maximum absolute atomic E-state index is 8.93. The summed E-state index contributed by atoms with van der Waals surface area (Å²) in [6.07, 6.45) is 5.38. The van der Waals surface area contributed by atoms with Crippen LogP contribution in [0.5, 0.6) is 0 Å². The van der Waals surface area contributed by atoms with Crippen LogP contribution in [-0.2, 0) is 13.0 Å². The molecule has 1 aliphatic carbocycles. The molecular formula is C18H25N3O2. The molecule has 1 aliphatic rings. The van der Waals surface area contributed by atoms with E-state index in [1.807, 2.05) is 12.1 Å². The summed E-state index contributed by atoms with van der Waals surface area (Å²) in [4.78, 5) is 6.94. The van der Waals surface area contributed by atoms with Crippen LogP contribution in [0.25, 0.3) is 11.4 Å². The Bertz CT molecular complexity index is 605. The van der Waals surface area contributed by atoms with Gasteiger partial charge in [-0.3, -0.25) is 4.90 Å². The SMILES string of the molecule is CCc1ccc(-c2noc(CN(CCCCO)C3CC3)n2)cc1. The third kappa shape index (κ3) is 4.39. The quantitative estimate of drug-likeness (QED) is 0.721. The van der Waals surface area contributed by atoms with Gasteiger partial charge in [-0.2, -0.15) is 4.98 Å². The lowest BCUT2D eigenvalue weighted by Gasteiger charge is -2.19. The number of unbranched alkanes of at least 4 members (excludes halogenated alkanes) is 1. The van der Waals surface area contributed by atoms with E-state index in [9.17, 15) is 0 Å². The predicted octanol–water partition coefficient (Wildman–Crippen LogP) is 3.04. The molecule has 1 saturated carbocycles. The van der Waals surface area contributed by atoms with Gasteiger partial charge in [-0.25, -0.2) is 0 Å². The molecule has 124 valence electrons. The van der Waals surface area contributed by atoms with E-state index in [1.165, 1.54) is 18.4 Å². The van der Waals surface area contributed by atoms with Crippen molar-refractivity contribution in [3.63, 3.8) is 0 Å². The molecule has 0 unspecified atom stereocenters. The van der Waals surface area contributed by atoms with Crippen molar-refractivity contribution in [2.24, 2.45) is 0 Å². The second kappa shape index (κ2) is 7.70. The normalized spacial score (nSPS) is 14.6. The Labute approximate surface area is 137 Å². The Kier molecular flexibility index (Phi) is 5.41. The first-order valence-corrected chi connectivity index (χ1v) is 8.57. The first-order chi connectivity index (χ1) is 11.3. The molecule has 2 aromatic rings. The number of hydrogen-bond acceptors (Lipinski definition) is 5. The van der Waals surface area contributed by atoms with Gasteiger partial charge >= 0.3 is 0 Å². The highest BCUT2D eigenvalue weighted by Crippen LogP contribution is 2.28. The third-order valence-corrected chi connectivity index (χ3v) is 4.34. The Morgan fingerprint density at radius 3 is 2.65 bits per heavy atom. The Morgan fingerprint density at radius 2 is 2.00 bits per heavy atom. The first-order valence-electron chi connectivity index (χ1n) is 8.57. The molecule has 5 heteroatoms. The molecule has 1 aromatic heterocycles. The molecule has 3 rings (SSSR count). The molecule has 1 N–H and O–H groups in total. The van der Waals surface area contributed by atoms with Crippen LogP contribution in [0.2, 0.25) is 0 Å². The number of aliphatic hydroxyl groups excluding tert-OH is 1. The lowest BCUT2D eigenvalue weighted by Crippen LogP contribution is -2.27. The number of rotatable bonds is 9. The van der Waals surface area contributed by atoms with E-state index >= 15 is 0 Å². The van der Waals surface area contributed by atoms with Crippen molar-refractivity contribution in [3.05, 3.63) is 35.7 Å². The molecule has 23 heavy (non-hydrogen) atoms. The summed E-state index contributed by atoms with van der Waals surface area (Å²) in [5.74, 6) is 1.34. The highest BCUT2D eigenvalue weighted by atomic mass is 16.5. The van der Waals surface area contributed by atoms with Gasteiger partial charge in [0, 0.05) is 18.2 Å². The minimum Gasteiger partial charge on any atom is -0.396 e. The fourth-order valence-corrected chi connectivity index (χ4v) is 2.76. The summed E-state index contributed by atoms with van der Waals surface area (Å²) in [7, 11) is 0. The van der Waals surface area contributed by atoms with Crippen LogP contribution in [0.4, 0.5) is 0 Å². The smallest absolute Gasteiger partial charge is 0.241 e. The van der Waals surface area contributed by atoms with Crippen LogP contribution in [0.1, 0.15) is 44.1 Å². The van der Waals surface area contributed by atoms with E-state index in [4.69, 9.17) is 9.63 Å². The van der Waals surface area contributed by atoms with Gasteiger partial charge in [-0.05, 0) is 44.2 Å². The average Bonchev–Trinajstić information content (AvgIpc) is 3.33. The van der Waals surface area contributed by atoms with Gasteiger partial charge in [0.05, 0.1) is 6.54 Å².